The molecule has 1 aromatic rings. The van der Waals surface area contributed by atoms with Crippen LogP contribution in [0.2, 0.25) is 0 Å². The molecule has 4 nitrogen and oxygen atoms in total. The summed E-state index contributed by atoms with van der Waals surface area (Å²) in [5, 5.41) is 9.06. The summed E-state index contributed by atoms with van der Waals surface area (Å²) in [6, 6.07) is 0. The fourth-order valence-electron chi connectivity index (χ4n) is 1.67. The highest BCUT2D eigenvalue weighted by Crippen LogP contribution is 2.00. The molecule has 0 fully saturated rings. The van der Waals surface area contributed by atoms with E-state index in [1.807, 2.05) is 4.57 Å². The van der Waals surface area contributed by atoms with Crippen LogP contribution in [0.1, 0.15) is 26.0 Å². The average Bonchev–Trinajstić information content (AvgIpc) is 2.71. The fraction of sp³-hybridized carbons (Fsp3) is 0.727. The van der Waals surface area contributed by atoms with Gasteiger partial charge in [-0.25, -0.2) is 4.98 Å². The van der Waals surface area contributed by atoms with E-state index in [1.54, 1.807) is 12.5 Å². The molecule has 1 N–H and O–H groups in total. The quantitative estimate of drug-likeness (QED) is 0.734. The smallest absolute Gasteiger partial charge is 0.0949 e. The van der Waals surface area contributed by atoms with Crippen LogP contribution < -0.4 is 0 Å². The zero-order valence-corrected chi connectivity index (χ0v) is 9.69. The maximum Gasteiger partial charge on any atom is 0.0949 e. The largest absolute Gasteiger partial charge is 0.390 e. The molecule has 1 aromatic heterocycles. The fourth-order valence-corrected chi connectivity index (χ4v) is 1.67. The lowest BCUT2D eigenvalue weighted by Crippen LogP contribution is -2.28. The Bertz CT molecular complexity index is 273. The van der Waals surface area contributed by atoms with Crippen LogP contribution in [-0.4, -0.2) is 39.2 Å². The van der Waals surface area contributed by atoms with Crippen molar-refractivity contribution in [3.63, 3.8) is 0 Å². The van der Waals surface area contributed by atoms with Gasteiger partial charge in [-0.15, -0.1) is 0 Å². The number of rotatable bonds is 7. The molecule has 0 unspecified atom stereocenters. The second-order valence-electron chi connectivity index (χ2n) is 3.67. The molecule has 86 valence electrons. The predicted octanol–water partition coefficient (Wildman–Crippen LogP) is 1.11. The van der Waals surface area contributed by atoms with Crippen LogP contribution in [0.15, 0.2) is 12.5 Å². The standard InChI is InChI=1S/C11H21N3O/c1-3-5-13(4-2)6-7-14-10-12-8-11(14)9-15/h8,10,15H,3-7,9H2,1-2H3. The van der Waals surface area contributed by atoms with Gasteiger partial charge in [0.05, 0.1) is 24.8 Å². The van der Waals surface area contributed by atoms with E-state index in [0.29, 0.717) is 0 Å². The third kappa shape index (κ3) is 3.64. The van der Waals surface area contributed by atoms with E-state index in [1.165, 1.54) is 6.42 Å². The van der Waals surface area contributed by atoms with Crippen molar-refractivity contribution in [3.05, 3.63) is 18.2 Å². The van der Waals surface area contributed by atoms with Gasteiger partial charge in [0.1, 0.15) is 0 Å². The molecule has 0 bridgehead atoms. The summed E-state index contributed by atoms with van der Waals surface area (Å²) in [6.07, 6.45) is 4.69. The van der Waals surface area contributed by atoms with Crippen LogP contribution in [0.25, 0.3) is 0 Å². The van der Waals surface area contributed by atoms with E-state index in [0.717, 1.165) is 31.9 Å². The Balaban J connectivity index is 2.41. The second-order valence-corrected chi connectivity index (χ2v) is 3.67. The van der Waals surface area contributed by atoms with Gasteiger partial charge in [-0.1, -0.05) is 13.8 Å². The van der Waals surface area contributed by atoms with Gasteiger partial charge in [0.15, 0.2) is 0 Å². The molecule has 15 heavy (non-hydrogen) atoms. The third-order valence-electron chi connectivity index (χ3n) is 2.60. The summed E-state index contributed by atoms with van der Waals surface area (Å²) < 4.78 is 2.01. The third-order valence-corrected chi connectivity index (χ3v) is 2.60. The van der Waals surface area contributed by atoms with Crippen LogP contribution >= 0.6 is 0 Å². The molecule has 0 aliphatic heterocycles. The Labute approximate surface area is 91.5 Å². The van der Waals surface area contributed by atoms with E-state index in [-0.39, 0.29) is 6.61 Å². The van der Waals surface area contributed by atoms with Gasteiger partial charge in [-0.3, -0.25) is 0 Å². The Morgan fingerprint density at radius 2 is 2.20 bits per heavy atom. The predicted molar refractivity (Wildman–Crippen MR) is 60.6 cm³/mol. The number of likely N-dealkylation sites (N-methyl/N-ethyl adjacent to an activating group) is 1. The molecule has 0 spiro atoms. The summed E-state index contributed by atoms with van der Waals surface area (Å²) in [6.45, 7) is 8.59. The first-order valence-electron chi connectivity index (χ1n) is 5.64. The summed E-state index contributed by atoms with van der Waals surface area (Å²) in [5.74, 6) is 0. The van der Waals surface area contributed by atoms with Crippen molar-refractivity contribution in [2.75, 3.05) is 19.6 Å². The number of hydrogen-bond acceptors (Lipinski definition) is 3. The highest BCUT2D eigenvalue weighted by molar-refractivity contribution is 4.95. The monoisotopic (exact) mass is 211 g/mol. The number of aliphatic hydroxyl groups is 1. The minimum atomic E-state index is 0.0693. The lowest BCUT2D eigenvalue weighted by Gasteiger charge is -2.20. The van der Waals surface area contributed by atoms with Crippen LogP contribution in [0.5, 0.6) is 0 Å². The molecule has 1 rings (SSSR count). The van der Waals surface area contributed by atoms with Gasteiger partial charge in [0.25, 0.3) is 0 Å². The molecule has 0 amide bonds. The molecule has 0 atom stereocenters. The van der Waals surface area contributed by atoms with Crippen LogP contribution in [-0.2, 0) is 13.2 Å². The van der Waals surface area contributed by atoms with Crippen molar-refractivity contribution in [1.82, 2.24) is 14.5 Å². The summed E-state index contributed by atoms with van der Waals surface area (Å²) >= 11 is 0. The van der Waals surface area contributed by atoms with Gasteiger partial charge < -0.3 is 14.6 Å². The zero-order chi connectivity index (χ0) is 11.1. The molecule has 0 aliphatic rings. The molecule has 0 aromatic carbocycles. The summed E-state index contributed by atoms with van der Waals surface area (Å²) in [7, 11) is 0. The van der Waals surface area contributed by atoms with E-state index in [4.69, 9.17) is 5.11 Å². The Hall–Kier alpha value is -0.870. The highest BCUT2D eigenvalue weighted by Gasteiger charge is 2.03. The molecular weight excluding hydrogens is 190 g/mol. The van der Waals surface area contributed by atoms with E-state index in [9.17, 15) is 0 Å². The van der Waals surface area contributed by atoms with Crippen molar-refractivity contribution in [1.29, 1.82) is 0 Å². The SMILES string of the molecule is CCCN(CC)CCn1cncc1CO. The molecular formula is C11H21N3O. The van der Waals surface area contributed by atoms with Crippen LogP contribution in [0.3, 0.4) is 0 Å². The molecule has 0 saturated heterocycles. The number of nitrogens with zero attached hydrogens (tertiary/aromatic N) is 3. The first-order chi connectivity index (χ1) is 7.31. The van der Waals surface area contributed by atoms with Gasteiger partial charge in [0, 0.05) is 13.1 Å². The summed E-state index contributed by atoms with van der Waals surface area (Å²) in [4.78, 5) is 6.43. The Morgan fingerprint density at radius 1 is 1.40 bits per heavy atom. The molecule has 0 radical (unpaired) electrons. The molecule has 4 heteroatoms. The molecule has 0 aliphatic carbocycles. The minimum absolute atomic E-state index is 0.0693. The molecule has 0 saturated carbocycles. The van der Waals surface area contributed by atoms with Crippen LogP contribution in [0.4, 0.5) is 0 Å². The van der Waals surface area contributed by atoms with Gasteiger partial charge in [-0.05, 0) is 19.5 Å². The second kappa shape index (κ2) is 6.58. The lowest BCUT2D eigenvalue weighted by atomic mass is 10.4. The van der Waals surface area contributed by atoms with Gasteiger partial charge >= 0.3 is 0 Å². The number of aliphatic hydroxyl groups excluding tert-OH is 1. The van der Waals surface area contributed by atoms with Crippen molar-refractivity contribution in [3.8, 4) is 0 Å². The topological polar surface area (TPSA) is 41.3 Å². The van der Waals surface area contributed by atoms with Crippen molar-refractivity contribution < 1.29 is 5.11 Å². The van der Waals surface area contributed by atoms with E-state index >= 15 is 0 Å². The van der Waals surface area contributed by atoms with Crippen LogP contribution in [0, 0.1) is 0 Å². The number of hydrogen-bond donors (Lipinski definition) is 1. The first kappa shape index (κ1) is 12.2. The molecule has 1 heterocycles. The minimum Gasteiger partial charge on any atom is -0.390 e. The average molecular weight is 211 g/mol. The number of imidazole rings is 1. The Morgan fingerprint density at radius 3 is 2.80 bits per heavy atom. The lowest BCUT2D eigenvalue weighted by molar-refractivity contribution is 0.254. The summed E-state index contributed by atoms with van der Waals surface area (Å²) in [5.41, 5.74) is 0.891. The Kier molecular flexibility index (Phi) is 5.36. The highest BCUT2D eigenvalue weighted by atomic mass is 16.3. The van der Waals surface area contributed by atoms with Crippen molar-refractivity contribution in [2.24, 2.45) is 0 Å². The van der Waals surface area contributed by atoms with Crippen molar-refractivity contribution >= 4 is 0 Å². The zero-order valence-electron chi connectivity index (χ0n) is 9.69. The van der Waals surface area contributed by atoms with E-state index < -0.39 is 0 Å². The number of aromatic nitrogens is 2. The van der Waals surface area contributed by atoms with Gasteiger partial charge in [0.2, 0.25) is 0 Å². The first-order valence-corrected chi connectivity index (χ1v) is 5.64. The van der Waals surface area contributed by atoms with Gasteiger partial charge in [-0.2, -0.15) is 0 Å². The van der Waals surface area contributed by atoms with Crippen molar-refractivity contribution in [2.45, 2.75) is 33.4 Å². The maximum atomic E-state index is 9.06. The normalized spacial score (nSPS) is 11.2. The maximum absolute atomic E-state index is 9.06. The van der Waals surface area contributed by atoms with E-state index in [2.05, 4.69) is 23.7 Å².